The summed E-state index contributed by atoms with van der Waals surface area (Å²) in [7, 11) is 0. The standard InChI is InChI=1S/C15H20BrN3O3.ClH/c1-10-13(17-7-8-22-10)15(21)19-6-5-18-14(20)11-3-2-4-12(16)9-11;/h2-4,9-10,13,17H,5-8H2,1H3,(H,18,20)(H,19,21);1H/t10-,13+;/m1./s1. The second-order valence-corrected chi connectivity index (χ2v) is 5.98. The molecular weight excluding hydrogens is 386 g/mol. The first-order valence-electron chi connectivity index (χ1n) is 7.24. The molecule has 0 aromatic heterocycles. The van der Waals surface area contributed by atoms with Crippen LogP contribution in [0.4, 0.5) is 0 Å². The van der Waals surface area contributed by atoms with Gasteiger partial charge in [0.1, 0.15) is 6.04 Å². The third kappa shape index (κ3) is 6.10. The Morgan fingerprint density at radius 3 is 2.78 bits per heavy atom. The fourth-order valence-electron chi connectivity index (χ4n) is 2.23. The number of benzene rings is 1. The Balaban J connectivity index is 0.00000264. The first-order chi connectivity index (χ1) is 10.6. The van der Waals surface area contributed by atoms with Crippen LogP contribution < -0.4 is 16.0 Å². The molecule has 1 aliphatic rings. The van der Waals surface area contributed by atoms with Crippen LogP contribution in [0.5, 0.6) is 0 Å². The van der Waals surface area contributed by atoms with E-state index in [1.165, 1.54) is 0 Å². The van der Waals surface area contributed by atoms with Crippen molar-refractivity contribution in [3.63, 3.8) is 0 Å². The Bertz CT molecular complexity index is 544. The molecule has 0 aliphatic carbocycles. The average molecular weight is 407 g/mol. The van der Waals surface area contributed by atoms with E-state index in [9.17, 15) is 9.59 Å². The molecule has 23 heavy (non-hydrogen) atoms. The molecule has 1 aliphatic heterocycles. The summed E-state index contributed by atoms with van der Waals surface area (Å²) in [6, 6.07) is 6.81. The van der Waals surface area contributed by atoms with E-state index in [0.29, 0.717) is 31.8 Å². The fourth-order valence-corrected chi connectivity index (χ4v) is 2.63. The molecule has 0 bridgehead atoms. The first-order valence-corrected chi connectivity index (χ1v) is 8.03. The van der Waals surface area contributed by atoms with E-state index in [1.54, 1.807) is 18.2 Å². The van der Waals surface area contributed by atoms with E-state index in [0.717, 1.165) is 4.47 Å². The lowest BCUT2D eigenvalue weighted by Crippen LogP contribution is -2.56. The predicted octanol–water partition coefficient (Wildman–Crippen LogP) is 1.09. The maximum atomic E-state index is 12.0. The second kappa shape index (κ2) is 9.87. The average Bonchev–Trinajstić information content (AvgIpc) is 2.51. The Morgan fingerprint density at radius 1 is 1.35 bits per heavy atom. The Labute approximate surface area is 150 Å². The van der Waals surface area contributed by atoms with Crippen LogP contribution >= 0.6 is 28.3 Å². The fraction of sp³-hybridized carbons (Fsp3) is 0.467. The van der Waals surface area contributed by atoms with Crippen LogP contribution in [0.2, 0.25) is 0 Å². The minimum absolute atomic E-state index is 0. The topological polar surface area (TPSA) is 79.5 Å². The summed E-state index contributed by atoms with van der Waals surface area (Å²) in [5, 5.41) is 8.69. The van der Waals surface area contributed by atoms with E-state index in [-0.39, 0.29) is 36.4 Å². The molecule has 8 heteroatoms. The van der Waals surface area contributed by atoms with Crippen LogP contribution in [0.25, 0.3) is 0 Å². The van der Waals surface area contributed by atoms with Gasteiger partial charge in [0.15, 0.2) is 0 Å². The molecule has 1 saturated heterocycles. The SMILES string of the molecule is C[C@H]1OCCN[C@@H]1C(=O)NCCNC(=O)c1cccc(Br)c1.Cl. The normalized spacial score (nSPS) is 20.3. The molecular formula is C15H21BrClN3O3. The number of rotatable bonds is 5. The molecule has 0 spiro atoms. The lowest BCUT2D eigenvalue weighted by Gasteiger charge is -2.29. The van der Waals surface area contributed by atoms with E-state index in [4.69, 9.17) is 4.74 Å². The van der Waals surface area contributed by atoms with Crippen LogP contribution in [0.15, 0.2) is 28.7 Å². The summed E-state index contributed by atoms with van der Waals surface area (Å²) in [5.74, 6) is -0.271. The molecule has 2 amide bonds. The number of carbonyl (C=O) groups is 2. The number of ether oxygens (including phenoxy) is 1. The van der Waals surface area contributed by atoms with E-state index < -0.39 is 0 Å². The van der Waals surface area contributed by atoms with Gasteiger partial charge in [0.25, 0.3) is 5.91 Å². The zero-order chi connectivity index (χ0) is 15.9. The summed E-state index contributed by atoms with van der Waals surface area (Å²) in [5.41, 5.74) is 0.580. The van der Waals surface area contributed by atoms with Crippen LogP contribution in [0.3, 0.4) is 0 Å². The highest BCUT2D eigenvalue weighted by Crippen LogP contribution is 2.11. The molecule has 1 aromatic carbocycles. The third-order valence-corrected chi connectivity index (χ3v) is 3.89. The Kier molecular flexibility index (Phi) is 8.54. The maximum absolute atomic E-state index is 12.0. The second-order valence-electron chi connectivity index (χ2n) is 5.06. The minimum Gasteiger partial charge on any atom is -0.375 e. The van der Waals surface area contributed by atoms with Gasteiger partial charge in [0.2, 0.25) is 5.91 Å². The molecule has 2 atom stereocenters. The summed E-state index contributed by atoms with van der Waals surface area (Å²) >= 11 is 3.33. The number of halogens is 2. The zero-order valence-electron chi connectivity index (χ0n) is 12.8. The van der Waals surface area contributed by atoms with Crippen molar-refractivity contribution in [1.29, 1.82) is 0 Å². The van der Waals surface area contributed by atoms with Crippen molar-refractivity contribution >= 4 is 40.2 Å². The highest BCUT2D eigenvalue weighted by Gasteiger charge is 2.27. The summed E-state index contributed by atoms with van der Waals surface area (Å²) in [4.78, 5) is 23.9. The van der Waals surface area contributed by atoms with Crippen molar-refractivity contribution in [2.45, 2.75) is 19.1 Å². The van der Waals surface area contributed by atoms with Crippen molar-refractivity contribution in [2.24, 2.45) is 0 Å². The smallest absolute Gasteiger partial charge is 0.251 e. The highest BCUT2D eigenvalue weighted by atomic mass is 79.9. The van der Waals surface area contributed by atoms with Crippen molar-refractivity contribution in [2.75, 3.05) is 26.2 Å². The van der Waals surface area contributed by atoms with Crippen molar-refractivity contribution < 1.29 is 14.3 Å². The highest BCUT2D eigenvalue weighted by molar-refractivity contribution is 9.10. The van der Waals surface area contributed by atoms with Gasteiger partial charge in [-0.3, -0.25) is 9.59 Å². The molecule has 6 nitrogen and oxygen atoms in total. The van der Waals surface area contributed by atoms with Gasteiger partial charge >= 0.3 is 0 Å². The number of nitrogens with one attached hydrogen (secondary N) is 3. The van der Waals surface area contributed by atoms with Crippen LogP contribution in [-0.2, 0) is 9.53 Å². The van der Waals surface area contributed by atoms with Crippen molar-refractivity contribution in [1.82, 2.24) is 16.0 Å². The van der Waals surface area contributed by atoms with Gasteiger partial charge in [-0.25, -0.2) is 0 Å². The maximum Gasteiger partial charge on any atom is 0.251 e. The molecule has 2 rings (SSSR count). The van der Waals surface area contributed by atoms with Crippen LogP contribution in [-0.4, -0.2) is 50.2 Å². The van der Waals surface area contributed by atoms with Crippen LogP contribution in [0.1, 0.15) is 17.3 Å². The van der Waals surface area contributed by atoms with Gasteiger partial charge in [-0.1, -0.05) is 22.0 Å². The molecule has 1 fully saturated rings. The summed E-state index contributed by atoms with van der Waals surface area (Å²) < 4.78 is 6.28. The lowest BCUT2D eigenvalue weighted by molar-refractivity contribution is -0.128. The first kappa shape index (κ1) is 19.9. The summed E-state index contributed by atoms with van der Waals surface area (Å²) in [6.07, 6.45) is -0.148. The quantitative estimate of drug-likeness (QED) is 0.640. The predicted molar refractivity (Wildman–Crippen MR) is 93.9 cm³/mol. The monoisotopic (exact) mass is 405 g/mol. The number of amides is 2. The van der Waals surface area contributed by atoms with Gasteiger partial charge < -0.3 is 20.7 Å². The molecule has 128 valence electrons. The number of morpholine rings is 1. The van der Waals surface area contributed by atoms with E-state index in [2.05, 4.69) is 31.9 Å². The molecule has 0 saturated carbocycles. The lowest BCUT2D eigenvalue weighted by atomic mass is 10.1. The minimum atomic E-state index is -0.338. The number of hydrogen-bond donors (Lipinski definition) is 3. The molecule has 3 N–H and O–H groups in total. The van der Waals surface area contributed by atoms with Gasteiger partial charge in [0, 0.05) is 29.7 Å². The summed E-state index contributed by atoms with van der Waals surface area (Å²) in [6.45, 7) is 3.91. The zero-order valence-corrected chi connectivity index (χ0v) is 15.2. The van der Waals surface area contributed by atoms with E-state index in [1.807, 2.05) is 13.0 Å². The molecule has 1 heterocycles. The van der Waals surface area contributed by atoms with Crippen molar-refractivity contribution in [3.8, 4) is 0 Å². The Morgan fingerprint density at radius 2 is 2.09 bits per heavy atom. The number of hydrogen-bond acceptors (Lipinski definition) is 4. The van der Waals surface area contributed by atoms with Gasteiger partial charge in [-0.15, -0.1) is 12.4 Å². The molecule has 0 radical (unpaired) electrons. The van der Waals surface area contributed by atoms with Crippen LogP contribution in [0, 0.1) is 0 Å². The largest absolute Gasteiger partial charge is 0.375 e. The van der Waals surface area contributed by atoms with Gasteiger partial charge in [-0.05, 0) is 25.1 Å². The van der Waals surface area contributed by atoms with Gasteiger partial charge in [0.05, 0.1) is 12.7 Å². The molecule has 1 aromatic rings. The Hall–Kier alpha value is -1.15. The van der Waals surface area contributed by atoms with Crippen molar-refractivity contribution in [3.05, 3.63) is 34.3 Å². The number of carbonyl (C=O) groups excluding carboxylic acids is 2. The van der Waals surface area contributed by atoms with E-state index >= 15 is 0 Å². The third-order valence-electron chi connectivity index (χ3n) is 3.40. The molecule has 0 unspecified atom stereocenters. The van der Waals surface area contributed by atoms with Gasteiger partial charge in [-0.2, -0.15) is 0 Å².